The summed E-state index contributed by atoms with van der Waals surface area (Å²) in [4.78, 5) is 12.1. The van der Waals surface area contributed by atoms with Crippen LogP contribution < -0.4 is 0 Å². The Labute approximate surface area is 160 Å². The molecule has 158 valence electrons. The lowest BCUT2D eigenvalue weighted by molar-refractivity contribution is -0.344. The zero-order valence-electron chi connectivity index (χ0n) is 15.2. The van der Waals surface area contributed by atoms with Gasteiger partial charge in [0, 0.05) is 5.92 Å². The summed E-state index contributed by atoms with van der Waals surface area (Å²) in [6.45, 7) is 1.15. The molecule has 28 heavy (non-hydrogen) atoms. The zero-order valence-corrected chi connectivity index (χ0v) is 15.2. The van der Waals surface area contributed by atoms with E-state index in [1.807, 2.05) is 0 Å². The van der Waals surface area contributed by atoms with E-state index in [1.165, 1.54) is 7.11 Å². The van der Waals surface area contributed by atoms with Crippen LogP contribution in [0.4, 0.5) is 0 Å². The number of rotatable bonds is 4. The van der Waals surface area contributed by atoms with Crippen LogP contribution in [0.15, 0.2) is 11.8 Å². The molecule has 2 saturated heterocycles. The van der Waals surface area contributed by atoms with Crippen molar-refractivity contribution in [3.05, 3.63) is 11.8 Å². The van der Waals surface area contributed by atoms with Gasteiger partial charge in [-0.2, -0.15) is 0 Å². The molecule has 11 heteroatoms. The fourth-order valence-corrected chi connectivity index (χ4v) is 4.53. The largest absolute Gasteiger partial charge is 0.471 e. The van der Waals surface area contributed by atoms with E-state index in [4.69, 9.17) is 23.7 Å². The number of epoxide rings is 1. The number of ether oxygens (including phenoxy) is 5. The average Bonchev–Trinajstić information content (AvgIpc) is 3.33. The van der Waals surface area contributed by atoms with Gasteiger partial charge in [-0.25, -0.2) is 4.79 Å². The molecule has 3 fully saturated rings. The molecule has 0 bridgehead atoms. The molecule has 0 aromatic carbocycles. The molecule has 1 aliphatic carbocycles. The minimum absolute atomic E-state index is 0.144. The first-order valence-electron chi connectivity index (χ1n) is 9.00. The summed E-state index contributed by atoms with van der Waals surface area (Å²) < 4.78 is 27.0. The quantitative estimate of drug-likeness (QED) is 0.239. The van der Waals surface area contributed by atoms with Gasteiger partial charge in [-0.3, -0.25) is 0 Å². The number of aliphatic hydroxyl groups excluding tert-OH is 5. The molecule has 0 spiro atoms. The van der Waals surface area contributed by atoms with Crippen LogP contribution in [0.3, 0.4) is 0 Å². The lowest BCUT2D eigenvalue weighted by atomic mass is 9.81. The Hall–Kier alpha value is -1.31. The van der Waals surface area contributed by atoms with Gasteiger partial charge < -0.3 is 49.2 Å². The fraction of sp³-hybridized carbons (Fsp3) is 0.824. The molecule has 11 nitrogen and oxygen atoms in total. The molecule has 3 heterocycles. The van der Waals surface area contributed by atoms with Crippen molar-refractivity contribution in [3.63, 3.8) is 0 Å². The van der Waals surface area contributed by atoms with E-state index in [0.717, 1.165) is 6.26 Å². The van der Waals surface area contributed by atoms with Gasteiger partial charge in [-0.1, -0.05) is 0 Å². The number of carbonyl (C=O) groups excluding carboxylic acids is 1. The molecule has 4 aliphatic rings. The maximum absolute atomic E-state index is 12.1. The zero-order chi connectivity index (χ0) is 20.4. The van der Waals surface area contributed by atoms with Crippen molar-refractivity contribution < 1.29 is 54.0 Å². The number of hydrogen-bond acceptors (Lipinski definition) is 11. The van der Waals surface area contributed by atoms with Gasteiger partial charge in [-0.05, 0) is 6.92 Å². The van der Waals surface area contributed by atoms with Gasteiger partial charge in [0.05, 0.1) is 37.6 Å². The third-order valence-corrected chi connectivity index (χ3v) is 6.13. The van der Waals surface area contributed by atoms with Crippen LogP contribution >= 0.6 is 0 Å². The second kappa shape index (κ2) is 6.89. The van der Waals surface area contributed by atoms with Crippen LogP contribution in [-0.4, -0.2) is 100 Å². The van der Waals surface area contributed by atoms with Crippen LogP contribution in [0.5, 0.6) is 0 Å². The van der Waals surface area contributed by atoms with E-state index in [1.54, 1.807) is 6.92 Å². The SMILES string of the molecule is COC(=O)C1=CO[C@H](O[C@H]2O[C@@H](CO)[C@H](O)[C@@H](O)[C@@H]2O)C2[C@H]1[C@@H](O)[C@H]1O[C@@]21C. The summed E-state index contributed by atoms with van der Waals surface area (Å²) in [7, 11) is 1.22. The second-order valence-electron chi connectivity index (χ2n) is 7.67. The fourth-order valence-electron chi connectivity index (χ4n) is 4.53. The summed E-state index contributed by atoms with van der Waals surface area (Å²) in [5.74, 6) is -1.95. The van der Waals surface area contributed by atoms with E-state index in [0.29, 0.717) is 0 Å². The van der Waals surface area contributed by atoms with E-state index < -0.39 is 79.2 Å². The lowest BCUT2D eigenvalue weighted by Crippen LogP contribution is -2.60. The number of aliphatic hydroxyl groups is 5. The minimum atomic E-state index is -1.61. The first-order chi connectivity index (χ1) is 13.2. The van der Waals surface area contributed by atoms with E-state index in [2.05, 4.69) is 0 Å². The standard InChI is InChI=1S/C17H24O11/c1-17-8-7(10(20)13(17)28-17)5(14(23)24-2)4-25-15(8)27-16-12(22)11(21)9(19)6(3-18)26-16/h4,6-13,15-16,18-22H,3H2,1-2H3/t6-,7-,8?,9-,10+,11+,12-,13+,15+,16+,17-/m0/s1. The van der Waals surface area contributed by atoms with E-state index >= 15 is 0 Å². The van der Waals surface area contributed by atoms with Crippen molar-refractivity contribution in [2.75, 3.05) is 13.7 Å². The topological polar surface area (TPSA) is 168 Å². The Morgan fingerprint density at radius 1 is 1.14 bits per heavy atom. The third kappa shape index (κ3) is 2.77. The number of carbonyl (C=O) groups is 1. The summed E-state index contributed by atoms with van der Waals surface area (Å²) >= 11 is 0. The Bertz CT molecular complexity index is 665. The highest BCUT2D eigenvalue weighted by Gasteiger charge is 2.75. The molecule has 0 amide bonds. The summed E-state index contributed by atoms with van der Waals surface area (Å²) in [5.41, 5.74) is -0.679. The van der Waals surface area contributed by atoms with E-state index in [-0.39, 0.29) is 5.57 Å². The van der Waals surface area contributed by atoms with Crippen molar-refractivity contribution in [1.82, 2.24) is 0 Å². The molecule has 5 N–H and O–H groups in total. The Morgan fingerprint density at radius 3 is 2.50 bits per heavy atom. The maximum Gasteiger partial charge on any atom is 0.337 e. The van der Waals surface area contributed by atoms with Gasteiger partial charge in [0.1, 0.15) is 36.1 Å². The molecular weight excluding hydrogens is 380 g/mol. The number of esters is 1. The molecule has 1 unspecified atom stereocenters. The van der Waals surface area contributed by atoms with Crippen LogP contribution in [0.2, 0.25) is 0 Å². The van der Waals surface area contributed by atoms with Gasteiger partial charge in [0.2, 0.25) is 6.29 Å². The number of fused-ring (bicyclic) bond motifs is 3. The smallest absolute Gasteiger partial charge is 0.337 e. The highest BCUT2D eigenvalue weighted by atomic mass is 16.8. The normalized spacial score (nSPS) is 52.2. The van der Waals surface area contributed by atoms with Crippen LogP contribution in [0.1, 0.15) is 6.92 Å². The van der Waals surface area contributed by atoms with Crippen LogP contribution in [-0.2, 0) is 28.5 Å². The van der Waals surface area contributed by atoms with Crippen LogP contribution in [0.25, 0.3) is 0 Å². The Balaban J connectivity index is 1.58. The molecule has 0 aromatic rings. The van der Waals surface area contributed by atoms with E-state index in [9.17, 15) is 30.3 Å². The second-order valence-corrected chi connectivity index (χ2v) is 7.67. The maximum atomic E-state index is 12.1. The number of hydrogen-bond donors (Lipinski definition) is 5. The predicted molar refractivity (Wildman–Crippen MR) is 86.1 cm³/mol. The van der Waals surface area contributed by atoms with Gasteiger partial charge in [-0.15, -0.1) is 0 Å². The molecule has 0 radical (unpaired) electrons. The molecule has 4 rings (SSSR count). The van der Waals surface area contributed by atoms with Crippen molar-refractivity contribution in [2.24, 2.45) is 11.8 Å². The highest BCUT2D eigenvalue weighted by molar-refractivity contribution is 5.89. The highest BCUT2D eigenvalue weighted by Crippen LogP contribution is 2.61. The predicted octanol–water partition coefficient (Wildman–Crippen LogP) is -3.02. The van der Waals surface area contributed by atoms with Gasteiger partial charge in [0.15, 0.2) is 6.29 Å². The monoisotopic (exact) mass is 404 g/mol. The van der Waals surface area contributed by atoms with Crippen molar-refractivity contribution in [2.45, 2.75) is 61.7 Å². The van der Waals surface area contributed by atoms with Crippen molar-refractivity contribution >= 4 is 5.97 Å². The first-order valence-corrected chi connectivity index (χ1v) is 9.00. The van der Waals surface area contributed by atoms with Crippen molar-refractivity contribution in [1.29, 1.82) is 0 Å². The van der Waals surface area contributed by atoms with Gasteiger partial charge >= 0.3 is 5.97 Å². The Kier molecular flexibility index (Phi) is 4.91. The third-order valence-electron chi connectivity index (χ3n) is 6.13. The molecule has 0 aromatic heterocycles. The first kappa shape index (κ1) is 20.0. The number of methoxy groups -OCH3 is 1. The minimum Gasteiger partial charge on any atom is -0.471 e. The lowest BCUT2D eigenvalue weighted by Gasteiger charge is -2.43. The molecule has 1 saturated carbocycles. The Morgan fingerprint density at radius 2 is 1.86 bits per heavy atom. The summed E-state index contributed by atoms with van der Waals surface area (Å²) in [5, 5.41) is 49.9. The molecule has 11 atom stereocenters. The summed E-state index contributed by atoms with van der Waals surface area (Å²) in [6.07, 6.45) is -8.75. The van der Waals surface area contributed by atoms with Gasteiger partial charge in [0.25, 0.3) is 0 Å². The average molecular weight is 404 g/mol. The van der Waals surface area contributed by atoms with Crippen molar-refractivity contribution in [3.8, 4) is 0 Å². The van der Waals surface area contributed by atoms with Crippen LogP contribution in [0, 0.1) is 11.8 Å². The molecule has 3 aliphatic heterocycles. The molecular formula is C17H24O11. The summed E-state index contributed by atoms with van der Waals surface area (Å²) in [6, 6.07) is 0.